The van der Waals surface area contributed by atoms with Crippen LogP contribution in [-0.4, -0.2) is 61.5 Å². The van der Waals surface area contributed by atoms with Crippen molar-refractivity contribution in [1.82, 2.24) is 4.90 Å². The van der Waals surface area contributed by atoms with Crippen molar-refractivity contribution < 1.29 is 19.0 Å². The molecule has 0 aromatic heterocycles. The van der Waals surface area contributed by atoms with E-state index >= 15 is 0 Å². The van der Waals surface area contributed by atoms with Gasteiger partial charge >= 0.3 is 0 Å². The Hall–Kier alpha value is -0.650. The first-order valence-electron chi connectivity index (χ1n) is 7.01. The Morgan fingerprint density at radius 2 is 2.16 bits per heavy atom. The second-order valence-electron chi connectivity index (χ2n) is 5.62. The molecule has 0 aromatic rings. The third-order valence-electron chi connectivity index (χ3n) is 3.03. The summed E-state index contributed by atoms with van der Waals surface area (Å²) < 4.78 is 16.5. The van der Waals surface area contributed by atoms with Gasteiger partial charge in [0, 0.05) is 19.7 Å². The van der Waals surface area contributed by atoms with Gasteiger partial charge in [0.1, 0.15) is 6.10 Å². The molecule has 0 N–H and O–H groups in total. The monoisotopic (exact) mass is 273 g/mol. The number of amides is 1. The minimum absolute atomic E-state index is 0.0275. The van der Waals surface area contributed by atoms with Gasteiger partial charge in [-0.15, -0.1) is 0 Å². The van der Waals surface area contributed by atoms with Gasteiger partial charge in [-0.3, -0.25) is 4.79 Å². The number of rotatable bonds is 6. The van der Waals surface area contributed by atoms with Crippen LogP contribution in [0.2, 0.25) is 0 Å². The molecule has 1 amide bonds. The van der Waals surface area contributed by atoms with Crippen LogP contribution >= 0.6 is 0 Å². The quantitative estimate of drug-likeness (QED) is 0.687. The molecule has 112 valence electrons. The van der Waals surface area contributed by atoms with Crippen LogP contribution in [0.25, 0.3) is 0 Å². The average Bonchev–Trinajstić information content (AvgIpc) is 2.31. The molecule has 1 aliphatic heterocycles. The molecular formula is C14H27NO4. The molecule has 1 fully saturated rings. The number of ether oxygens (including phenoxy) is 3. The minimum atomic E-state index is -0.429. The molecular weight excluding hydrogens is 246 g/mol. The largest absolute Gasteiger partial charge is 0.379 e. The lowest BCUT2D eigenvalue weighted by atomic mass is 10.1. The third-order valence-corrected chi connectivity index (χ3v) is 3.03. The van der Waals surface area contributed by atoms with E-state index in [0.717, 1.165) is 0 Å². The van der Waals surface area contributed by atoms with E-state index in [-0.39, 0.29) is 17.6 Å². The summed E-state index contributed by atoms with van der Waals surface area (Å²) in [5, 5.41) is 0. The molecule has 0 spiro atoms. The number of morpholine rings is 1. The number of carbonyl (C=O) groups is 1. The molecule has 5 heteroatoms. The Morgan fingerprint density at radius 3 is 2.74 bits per heavy atom. The van der Waals surface area contributed by atoms with E-state index in [1.165, 1.54) is 0 Å². The SMILES string of the molecule is CCOCCO[C@@H](C)C(=O)N1C[C@@H](C)OC(C)(C)C1. The fourth-order valence-corrected chi connectivity index (χ4v) is 2.38. The predicted molar refractivity (Wildman–Crippen MR) is 73.1 cm³/mol. The summed E-state index contributed by atoms with van der Waals surface area (Å²) in [4.78, 5) is 14.1. The van der Waals surface area contributed by atoms with Gasteiger partial charge in [0.15, 0.2) is 0 Å². The van der Waals surface area contributed by atoms with Crippen molar-refractivity contribution in [3.05, 3.63) is 0 Å². The lowest BCUT2D eigenvalue weighted by molar-refractivity contribution is -0.167. The topological polar surface area (TPSA) is 48.0 Å². The summed E-state index contributed by atoms with van der Waals surface area (Å²) in [6.07, 6.45) is -0.370. The molecule has 0 saturated carbocycles. The van der Waals surface area contributed by atoms with Crippen molar-refractivity contribution in [2.75, 3.05) is 32.9 Å². The first-order valence-corrected chi connectivity index (χ1v) is 7.01. The van der Waals surface area contributed by atoms with E-state index in [2.05, 4.69) is 0 Å². The first-order chi connectivity index (χ1) is 8.85. The smallest absolute Gasteiger partial charge is 0.251 e. The second kappa shape index (κ2) is 7.22. The van der Waals surface area contributed by atoms with Gasteiger partial charge in [0.05, 0.1) is 24.9 Å². The molecule has 0 radical (unpaired) electrons. The maximum absolute atomic E-state index is 12.3. The van der Waals surface area contributed by atoms with Crippen molar-refractivity contribution in [1.29, 1.82) is 0 Å². The molecule has 0 aliphatic carbocycles. The molecule has 1 heterocycles. The van der Waals surface area contributed by atoms with E-state index in [1.54, 1.807) is 6.92 Å². The molecule has 0 aromatic carbocycles. The average molecular weight is 273 g/mol. The summed E-state index contributed by atoms with van der Waals surface area (Å²) in [7, 11) is 0. The number of nitrogens with zero attached hydrogens (tertiary/aromatic N) is 1. The maximum Gasteiger partial charge on any atom is 0.251 e. The zero-order valence-electron chi connectivity index (χ0n) is 12.8. The Labute approximate surface area is 116 Å². The lowest BCUT2D eigenvalue weighted by Crippen LogP contribution is -2.55. The van der Waals surface area contributed by atoms with Gasteiger partial charge in [0.25, 0.3) is 5.91 Å². The molecule has 1 saturated heterocycles. The third kappa shape index (κ3) is 5.47. The van der Waals surface area contributed by atoms with Crippen molar-refractivity contribution in [2.24, 2.45) is 0 Å². The van der Waals surface area contributed by atoms with Crippen LogP contribution in [0.3, 0.4) is 0 Å². The Bertz CT molecular complexity index is 293. The van der Waals surface area contributed by atoms with E-state index in [9.17, 15) is 4.79 Å². The highest BCUT2D eigenvalue weighted by molar-refractivity contribution is 5.80. The zero-order chi connectivity index (χ0) is 14.5. The molecule has 1 rings (SSSR count). The highest BCUT2D eigenvalue weighted by atomic mass is 16.5. The van der Waals surface area contributed by atoms with Crippen LogP contribution in [0, 0.1) is 0 Å². The molecule has 1 aliphatic rings. The van der Waals surface area contributed by atoms with Crippen LogP contribution in [0.4, 0.5) is 0 Å². The van der Waals surface area contributed by atoms with Crippen LogP contribution in [0.5, 0.6) is 0 Å². The second-order valence-corrected chi connectivity index (χ2v) is 5.62. The zero-order valence-corrected chi connectivity index (χ0v) is 12.8. The van der Waals surface area contributed by atoms with Crippen molar-refractivity contribution in [3.8, 4) is 0 Å². The van der Waals surface area contributed by atoms with Gasteiger partial charge < -0.3 is 19.1 Å². The Balaban J connectivity index is 2.42. The van der Waals surface area contributed by atoms with Gasteiger partial charge in [-0.25, -0.2) is 0 Å². The van der Waals surface area contributed by atoms with E-state index < -0.39 is 6.10 Å². The summed E-state index contributed by atoms with van der Waals surface area (Å²) >= 11 is 0. The van der Waals surface area contributed by atoms with Crippen LogP contribution < -0.4 is 0 Å². The van der Waals surface area contributed by atoms with Gasteiger partial charge in [-0.2, -0.15) is 0 Å². The summed E-state index contributed by atoms with van der Waals surface area (Å²) in [5.74, 6) is 0.0275. The van der Waals surface area contributed by atoms with E-state index in [0.29, 0.717) is 32.9 Å². The molecule has 19 heavy (non-hydrogen) atoms. The van der Waals surface area contributed by atoms with Crippen molar-refractivity contribution in [2.45, 2.75) is 52.4 Å². The number of carbonyl (C=O) groups excluding carboxylic acids is 1. The van der Waals surface area contributed by atoms with Gasteiger partial charge in [0.2, 0.25) is 0 Å². The summed E-state index contributed by atoms with van der Waals surface area (Å²) in [6.45, 7) is 12.6. The summed E-state index contributed by atoms with van der Waals surface area (Å²) in [5.41, 5.74) is -0.293. The maximum atomic E-state index is 12.3. The highest BCUT2D eigenvalue weighted by Crippen LogP contribution is 2.21. The highest BCUT2D eigenvalue weighted by Gasteiger charge is 2.35. The van der Waals surface area contributed by atoms with Gasteiger partial charge in [-0.05, 0) is 34.6 Å². The van der Waals surface area contributed by atoms with Gasteiger partial charge in [-0.1, -0.05) is 0 Å². The van der Waals surface area contributed by atoms with E-state index in [4.69, 9.17) is 14.2 Å². The first kappa shape index (κ1) is 16.4. The fourth-order valence-electron chi connectivity index (χ4n) is 2.38. The fraction of sp³-hybridized carbons (Fsp3) is 0.929. The Kier molecular flexibility index (Phi) is 6.23. The number of hydrogen-bond donors (Lipinski definition) is 0. The molecule has 0 unspecified atom stereocenters. The van der Waals surface area contributed by atoms with Crippen LogP contribution in [0.15, 0.2) is 0 Å². The Morgan fingerprint density at radius 1 is 1.47 bits per heavy atom. The van der Waals surface area contributed by atoms with E-state index in [1.807, 2.05) is 32.6 Å². The summed E-state index contributed by atoms with van der Waals surface area (Å²) in [6, 6.07) is 0. The van der Waals surface area contributed by atoms with Crippen molar-refractivity contribution in [3.63, 3.8) is 0 Å². The predicted octanol–water partition coefficient (Wildman–Crippen LogP) is 1.45. The van der Waals surface area contributed by atoms with Crippen LogP contribution in [0.1, 0.15) is 34.6 Å². The molecule has 5 nitrogen and oxygen atoms in total. The molecule has 2 atom stereocenters. The standard InChI is InChI=1S/C14H27NO4/c1-6-17-7-8-18-12(3)13(16)15-9-11(2)19-14(4,5)10-15/h11-12H,6-10H2,1-5H3/t11-,12+/m1/s1. The minimum Gasteiger partial charge on any atom is -0.379 e. The van der Waals surface area contributed by atoms with Crippen LogP contribution in [-0.2, 0) is 19.0 Å². The van der Waals surface area contributed by atoms with Crippen molar-refractivity contribution >= 4 is 5.91 Å². The molecule has 0 bridgehead atoms. The lowest BCUT2D eigenvalue weighted by Gasteiger charge is -2.42. The number of hydrogen-bond acceptors (Lipinski definition) is 4. The normalized spacial score (nSPS) is 24.3.